The molecule has 1 heterocycles. The van der Waals surface area contributed by atoms with Crippen molar-refractivity contribution in [1.82, 2.24) is 4.98 Å². The third-order valence-electron chi connectivity index (χ3n) is 7.64. The summed E-state index contributed by atoms with van der Waals surface area (Å²) >= 11 is 0. The van der Waals surface area contributed by atoms with Gasteiger partial charge >= 0.3 is 0 Å². The van der Waals surface area contributed by atoms with Crippen LogP contribution in [0.1, 0.15) is 187 Å². The van der Waals surface area contributed by atoms with Crippen LogP contribution in [0.5, 0.6) is 0 Å². The number of aromatic amines is 1. The maximum absolute atomic E-state index is 3.67. The second kappa shape index (κ2) is 21.7. The first-order valence-electron chi connectivity index (χ1n) is 15.3. The molecule has 1 aromatic heterocycles. The van der Waals surface area contributed by atoms with E-state index in [1.807, 2.05) is 0 Å². The largest absolute Gasteiger partial charge is 0.257 e. The minimum Gasteiger partial charge on any atom is -0.247 e. The van der Waals surface area contributed by atoms with Crippen LogP contribution in [0, 0.1) is 0 Å². The van der Waals surface area contributed by atoms with Gasteiger partial charge in [-0.3, -0.25) is 0 Å². The zero-order valence-electron chi connectivity index (χ0n) is 23.3. The predicted octanol–water partition coefficient (Wildman–Crippen LogP) is 10.6. The van der Waals surface area contributed by atoms with E-state index in [0.29, 0.717) is 12.0 Å². The van der Waals surface area contributed by atoms with Gasteiger partial charge in [-0.05, 0) is 32.6 Å². The number of H-pyrrole nitrogens is 1. The maximum Gasteiger partial charge on any atom is 0.257 e. The standard InChI is InChI=1S/C31H60N2/c1-5-8-11-13-14-15-16-17-18-19-20-23-26-30(25-21-10-7-3)31-32-27-28-33(31)29(4)24-22-12-9-6-2/h27-30H,5-26H2,1-4H3/p+1. The SMILES string of the molecule is CCCCCCCCCCCCCCC(CCCCC)c1[nH]cc[n+]1C(C)CCCCCC. The van der Waals surface area contributed by atoms with Crippen molar-refractivity contribution in [3.05, 3.63) is 18.2 Å². The molecule has 0 saturated heterocycles. The van der Waals surface area contributed by atoms with Crippen LogP contribution in [0.3, 0.4) is 0 Å². The van der Waals surface area contributed by atoms with Gasteiger partial charge in [-0.25, -0.2) is 9.55 Å². The Balaban J connectivity index is 2.34. The summed E-state index contributed by atoms with van der Waals surface area (Å²) in [6.45, 7) is 9.36. The molecule has 0 spiro atoms. The first-order valence-corrected chi connectivity index (χ1v) is 15.3. The lowest BCUT2D eigenvalue weighted by molar-refractivity contribution is -0.727. The predicted molar refractivity (Wildman–Crippen MR) is 147 cm³/mol. The van der Waals surface area contributed by atoms with Gasteiger partial charge in [0.05, 0.1) is 12.0 Å². The van der Waals surface area contributed by atoms with Crippen molar-refractivity contribution < 1.29 is 4.57 Å². The second-order valence-electron chi connectivity index (χ2n) is 10.8. The Morgan fingerprint density at radius 1 is 0.576 bits per heavy atom. The number of unbranched alkanes of at least 4 members (excludes halogenated alkanes) is 16. The summed E-state index contributed by atoms with van der Waals surface area (Å²) in [5.41, 5.74) is 0. The van der Waals surface area contributed by atoms with Crippen molar-refractivity contribution in [3.8, 4) is 0 Å². The fourth-order valence-electron chi connectivity index (χ4n) is 5.37. The highest BCUT2D eigenvalue weighted by atomic mass is 15.1. The van der Waals surface area contributed by atoms with E-state index in [4.69, 9.17) is 0 Å². The Kier molecular flexibility index (Phi) is 19.9. The highest BCUT2D eigenvalue weighted by Crippen LogP contribution is 2.27. The molecule has 2 nitrogen and oxygen atoms in total. The molecule has 1 rings (SSSR count). The number of rotatable bonds is 24. The summed E-state index contributed by atoms with van der Waals surface area (Å²) in [7, 11) is 0. The van der Waals surface area contributed by atoms with E-state index < -0.39 is 0 Å². The molecule has 0 aliphatic heterocycles. The van der Waals surface area contributed by atoms with Gasteiger partial charge in [0.2, 0.25) is 0 Å². The van der Waals surface area contributed by atoms with E-state index in [1.54, 1.807) is 0 Å². The third kappa shape index (κ3) is 14.9. The van der Waals surface area contributed by atoms with E-state index in [-0.39, 0.29) is 0 Å². The number of hydrogen-bond donors (Lipinski definition) is 1. The summed E-state index contributed by atoms with van der Waals surface area (Å²) in [5.74, 6) is 2.23. The molecule has 0 saturated carbocycles. The number of imidazole rings is 1. The van der Waals surface area contributed by atoms with Crippen LogP contribution in [0.25, 0.3) is 0 Å². The first-order chi connectivity index (χ1) is 16.2. The molecule has 0 bridgehead atoms. The van der Waals surface area contributed by atoms with E-state index in [2.05, 4.69) is 49.6 Å². The van der Waals surface area contributed by atoms with Crippen LogP contribution in [-0.2, 0) is 0 Å². The summed E-state index contributed by atoms with van der Waals surface area (Å²) in [6.07, 6.45) is 35.4. The molecule has 2 heteroatoms. The van der Waals surface area contributed by atoms with E-state index in [1.165, 1.54) is 147 Å². The maximum atomic E-state index is 3.67. The monoisotopic (exact) mass is 461 g/mol. The number of aromatic nitrogens is 2. The zero-order valence-corrected chi connectivity index (χ0v) is 23.3. The average molecular weight is 462 g/mol. The van der Waals surface area contributed by atoms with Crippen molar-refractivity contribution in [2.24, 2.45) is 0 Å². The quantitative estimate of drug-likeness (QED) is 0.117. The molecule has 194 valence electrons. The van der Waals surface area contributed by atoms with Gasteiger partial charge in [0.1, 0.15) is 12.4 Å². The third-order valence-corrected chi connectivity index (χ3v) is 7.64. The average Bonchev–Trinajstić information content (AvgIpc) is 3.31. The molecule has 0 radical (unpaired) electrons. The van der Waals surface area contributed by atoms with Crippen molar-refractivity contribution in [2.75, 3.05) is 0 Å². The highest BCUT2D eigenvalue weighted by Gasteiger charge is 2.25. The molecule has 2 unspecified atom stereocenters. The number of nitrogens with one attached hydrogen (secondary N) is 1. The summed E-state index contributed by atoms with van der Waals surface area (Å²) in [4.78, 5) is 3.67. The van der Waals surface area contributed by atoms with Crippen molar-refractivity contribution in [3.63, 3.8) is 0 Å². The van der Waals surface area contributed by atoms with Crippen molar-refractivity contribution >= 4 is 0 Å². The number of nitrogens with zero attached hydrogens (tertiary/aromatic N) is 1. The van der Waals surface area contributed by atoms with Gasteiger partial charge in [0.25, 0.3) is 5.82 Å². The first kappa shape index (κ1) is 30.2. The fraction of sp³-hybridized carbons (Fsp3) is 0.903. The van der Waals surface area contributed by atoms with Crippen LogP contribution in [0.15, 0.2) is 12.4 Å². The number of hydrogen-bond acceptors (Lipinski definition) is 0. The molecule has 1 N–H and O–H groups in total. The minimum absolute atomic E-state index is 0.624. The molecule has 33 heavy (non-hydrogen) atoms. The van der Waals surface area contributed by atoms with Crippen molar-refractivity contribution in [2.45, 2.75) is 181 Å². The van der Waals surface area contributed by atoms with Crippen LogP contribution in [-0.4, -0.2) is 4.98 Å². The summed E-state index contributed by atoms with van der Waals surface area (Å²) in [5, 5.41) is 0. The van der Waals surface area contributed by atoms with Gasteiger partial charge in [-0.2, -0.15) is 0 Å². The van der Waals surface area contributed by atoms with Crippen LogP contribution >= 0.6 is 0 Å². The van der Waals surface area contributed by atoms with Crippen LogP contribution < -0.4 is 4.57 Å². The molecule has 1 aromatic rings. The lowest BCUT2D eigenvalue weighted by Gasteiger charge is -2.17. The second-order valence-corrected chi connectivity index (χ2v) is 10.8. The van der Waals surface area contributed by atoms with E-state index >= 15 is 0 Å². The Morgan fingerprint density at radius 3 is 1.52 bits per heavy atom. The van der Waals surface area contributed by atoms with Crippen LogP contribution in [0.2, 0.25) is 0 Å². The molecule has 0 aromatic carbocycles. The van der Waals surface area contributed by atoms with Crippen molar-refractivity contribution in [1.29, 1.82) is 0 Å². The molecular formula is C31H61N2+. The van der Waals surface area contributed by atoms with Crippen LogP contribution in [0.4, 0.5) is 0 Å². The Labute approximate surface area is 208 Å². The van der Waals surface area contributed by atoms with Gasteiger partial charge in [-0.1, -0.05) is 136 Å². The molecule has 0 aliphatic carbocycles. The minimum atomic E-state index is 0.624. The Morgan fingerprint density at radius 2 is 0.970 bits per heavy atom. The van der Waals surface area contributed by atoms with Gasteiger partial charge in [0.15, 0.2) is 0 Å². The summed E-state index contributed by atoms with van der Waals surface area (Å²) in [6, 6.07) is 0.624. The molecule has 0 amide bonds. The zero-order chi connectivity index (χ0) is 24.0. The lowest BCUT2D eigenvalue weighted by Crippen LogP contribution is -2.41. The molecular weight excluding hydrogens is 400 g/mol. The smallest absolute Gasteiger partial charge is 0.247 e. The summed E-state index contributed by atoms with van der Waals surface area (Å²) < 4.78 is 2.59. The fourth-order valence-corrected chi connectivity index (χ4v) is 5.37. The normalized spacial score (nSPS) is 13.5. The molecule has 0 aliphatic rings. The van der Waals surface area contributed by atoms with E-state index in [0.717, 1.165) is 0 Å². The van der Waals surface area contributed by atoms with Gasteiger partial charge < -0.3 is 0 Å². The Bertz CT molecular complexity index is 521. The highest BCUT2D eigenvalue weighted by molar-refractivity contribution is 4.90. The molecule has 2 atom stereocenters. The van der Waals surface area contributed by atoms with Gasteiger partial charge in [0, 0.05) is 0 Å². The Hall–Kier alpha value is -0.790. The van der Waals surface area contributed by atoms with Gasteiger partial charge in [-0.15, -0.1) is 0 Å². The van der Waals surface area contributed by atoms with E-state index in [9.17, 15) is 0 Å². The lowest BCUT2D eigenvalue weighted by atomic mass is 9.93. The molecule has 0 fully saturated rings. The topological polar surface area (TPSA) is 19.7 Å².